The minimum atomic E-state index is -0.475. The van der Waals surface area contributed by atoms with E-state index in [4.69, 9.17) is 42.9 Å². The molecule has 0 aliphatic carbocycles. The van der Waals surface area contributed by atoms with Gasteiger partial charge in [-0.25, -0.2) is 4.79 Å². The minimum Gasteiger partial charge on any atom is -0.468 e. The predicted molar refractivity (Wildman–Crippen MR) is 164 cm³/mol. The molecule has 5 rings (SSSR count). The lowest BCUT2D eigenvalue weighted by molar-refractivity contribution is -0.217. The lowest BCUT2D eigenvalue weighted by Crippen LogP contribution is -2.45. The van der Waals surface area contributed by atoms with Gasteiger partial charge in [-0.15, -0.1) is 0 Å². The average molecular weight is 623 g/mol. The van der Waals surface area contributed by atoms with Gasteiger partial charge in [0.25, 0.3) is 0 Å². The van der Waals surface area contributed by atoms with E-state index in [2.05, 4.69) is 13.8 Å². The summed E-state index contributed by atoms with van der Waals surface area (Å²) in [5.74, 6) is 1.76. The Morgan fingerprint density at radius 3 is 1.76 bits per heavy atom. The first-order valence-electron chi connectivity index (χ1n) is 15.3. The summed E-state index contributed by atoms with van der Waals surface area (Å²) in [6.07, 6.45) is 2.04. The fraction of sp³-hybridized carbons (Fsp3) is 0.457. The summed E-state index contributed by atoms with van der Waals surface area (Å²) < 4.78 is 38.9. The van der Waals surface area contributed by atoms with Crippen molar-refractivity contribution in [2.75, 3.05) is 53.2 Å². The molecule has 2 saturated heterocycles. The third-order valence-corrected chi connectivity index (χ3v) is 8.31. The van der Waals surface area contributed by atoms with Crippen molar-refractivity contribution in [3.05, 3.63) is 83.4 Å². The third kappa shape index (κ3) is 8.96. The van der Waals surface area contributed by atoms with Crippen molar-refractivity contribution in [3.63, 3.8) is 0 Å². The number of hydrogen-bond donors (Lipinski definition) is 0. The van der Waals surface area contributed by atoms with Gasteiger partial charge < -0.3 is 38.0 Å². The minimum absolute atomic E-state index is 0.107. The topological polar surface area (TPSA) is 100 Å². The summed E-state index contributed by atoms with van der Waals surface area (Å²) in [6, 6.07) is 19.4. The second kappa shape index (κ2) is 15.6. The molecule has 45 heavy (non-hydrogen) atoms. The van der Waals surface area contributed by atoms with E-state index in [-0.39, 0.29) is 31.0 Å². The molecule has 3 aromatic carbocycles. The molecule has 0 aromatic heterocycles. The number of esters is 1. The summed E-state index contributed by atoms with van der Waals surface area (Å²) in [5.41, 5.74) is 2.29. The van der Waals surface area contributed by atoms with E-state index in [1.807, 2.05) is 31.2 Å². The van der Waals surface area contributed by atoms with Crippen LogP contribution in [0.5, 0.6) is 23.0 Å². The van der Waals surface area contributed by atoms with Gasteiger partial charge >= 0.3 is 5.97 Å². The lowest BCUT2D eigenvalue weighted by Gasteiger charge is -2.40. The van der Waals surface area contributed by atoms with E-state index in [1.165, 1.54) is 0 Å². The summed E-state index contributed by atoms with van der Waals surface area (Å²) in [6.45, 7) is 10.9. The van der Waals surface area contributed by atoms with Crippen molar-refractivity contribution in [2.24, 2.45) is 10.8 Å². The highest BCUT2D eigenvalue weighted by atomic mass is 17.2. The quantitative estimate of drug-likeness (QED) is 0.0402. The van der Waals surface area contributed by atoms with Crippen LogP contribution in [-0.4, -0.2) is 59.2 Å². The number of rotatable bonds is 18. The Morgan fingerprint density at radius 1 is 0.733 bits per heavy atom. The predicted octanol–water partition coefficient (Wildman–Crippen LogP) is 6.28. The zero-order valence-corrected chi connectivity index (χ0v) is 26.2. The van der Waals surface area contributed by atoms with Crippen LogP contribution in [-0.2, 0) is 30.4 Å². The van der Waals surface area contributed by atoms with Gasteiger partial charge in [0.1, 0.15) is 23.9 Å². The molecule has 10 nitrogen and oxygen atoms in total. The number of carbonyl (C=O) groups is 1. The fourth-order valence-corrected chi connectivity index (χ4v) is 4.78. The third-order valence-electron chi connectivity index (χ3n) is 8.31. The zero-order chi connectivity index (χ0) is 31.5. The largest absolute Gasteiger partial charge is 0.468 e. The molecule has 0 unspecified atom stereocenters. The zero-order valence-electron chi connectivity index (χ0n) is 26.2. The van der Waals surface area contributed by atoms with Crippen LogP contribution in [0, 0.1) is 17.8 Å². The molecule has 0 spiro atoms. The number of aryl methyl sites for hydroxylation is 1. The first-order chi connectivity index (χ1) is 21.9. The van der Waals surface area contributed by atoms with Gasteiger partial charge in [-0.1, -0.05) is 26.0 Å². The molecule has 10 heteroatoms. The monoisotopic (exact) mass is 622 g/mol. The van der Waals surface area contributed by atoms with Crippen LogP contribution in [0.2, 0.25) is 0 Å². The smallest absolute Gasteiger partial charge is 0.343 e. The van der Waals surface area contributed by atoms with Crippen molar-refractivity contribution < 1.29 is 47.7 Å². The molecule has 2 aliphatic heterocycles. The van der Waals surface area contributed by atoms with Crippen LogP contribution in [0.3, 0.4) is 0 Å². The summed E-state index contributed by atoms with van der Waals surface area (Å²) in [7, 11) is 0. The van der Waals surface area contributed by atoms with Crippen LogP contribution in [0.4, 0.5) is 0 Å². The van der Waals surface area contributed by atoms with Gasteiger partial charge in [-0.05, 0) is 85.5 Å². The molecule has 0 N–H and O–H groups in total. The molecule has 2 heterocycles. The van der Waals surface area contributed by atoms with Gasteiger partial charge in [0.15, 0.2) is 19.3 Å². The lowest BCUT2D eigenvalue weighted by atomic mass is 9.84. The Kier molecular flexibility index (Phi) is 11.3. The van der Waals surface area contributed by atoms with Crippen LogP contribution in [0.1, 0.15) is 48.2 Å². The van der Waals surface area contributed by atoms with E-state index < -0.39 is 5.97 Å². The molecule has 0 saturated carbocycles. The molecular weight excluding hydrogens is 580 g/mol. The molecule has 242 valence electrons. The second-order valence-corrected chi connectivity index (χ2v) is 11.7. The summed E-state index contributed by atoms with van der Waals surface area (Å²) >= 11 is 0. The van der Waals surface area contributed by atoms with E-state index in [0.717, 1.165) is 50.4 Å². The Hall–Kier alpha value is -3.67. The average Bonchev–Trinajstić information content (AvgIpc) is 3.02. The fourth-order valence-electron chi connectivity index (χ4n) is 4.78. The van der Waals surface area contributed by atoms with Crippen LogP contribution in [0.15, 0.2) is 66.7 Å². The van der Waals surface area contributed by atoms with Crippen molar-refractivity contribution in [1.29, 1.82) is 0 Å². The molecular formula is C35H42O10. The molecule has 3 aromatic rings. The normalized spacial score (nSPS) is 16.2. The van der Waals surface area contributed by atoms with Gasteiger partial charge in [-0.2, -0.15) is 4.89 Å². The van der Waals surface area contributed by atoms with E-state index in [9.17, 15) is 4.79 Å². The van der Waals surface area contributed by atoms with E-state index in [0.29, 0.717) is 41.8 Å². The van der Waals surface area contributed by atoms with Crippen molar-refractivity contribution in [2.45, 2.75) is 40.2 Å². The number of carbonyl (C=O) groups excluding carboxylic acids is 1. The summed E-state index contributed by atoms with van der Waals surface area (Å²) in [4.78, 5) is 23.6. The number of benzene rings is 3. The number of hydrogen-bond acceptors (Lipinski definition) is 10. The summed E-state index contributed by atoms with van der Waals surface area (Å²) in [5, 5.41) is 0. The molecule has 2 fully saturated rings. The second-order valence-electron chi connectivity index (χ2n) is 11.7. The molecule has 2 aliphatic rings. The van der Waals surface area contributed by atoms with Crippen molar-refractivity contribution in [3.8, 4) is 23.0 Å². The first-order valence-corrected chi connectivity index (χ1v) is 15.3. The first kappa shape index (κ1) is 32.7. The maximum Gasteiger partial charge on any atom is 0.343 e. The molecule has 0 atom stereocenters. The Bertz CT molecular complexity index is 1350. The Morgan fingerprint density at radius 2 is 1.27 bits per heavy atom. The van der Waals surface area contributed by atoms with Crippen molar-refractivity contribution in [1.82, 2.24) is 0 Å². The van der Waals surface area contributed by atoms with Crippen LogP contribution < -0.4 is 19.1 Å². The maximum absolute atomic E-state index is 12.7. The van der Waals surface area contributed by atoms with Crippen LogP contribution in [0.25, 0.3) is 0 Å². The van der Waals surface area contributed by atoms with Crippen molar-refractivity contribution >= 4 is 5.97 Å². The Balaban J connectivity index is 0.994. The van der Waals surface area contributed by atoms with E-state index >= 15 is 0 Å². The van der Waals surface area contributed by atoms with E-state index in [1.54, 1.807) is 42.5 Å². The van der Waals surface area contributed by atoms with Gasteiger partial charge in [0.2, 0.25) is 0 Å². The van der Waals surface area contributed by atoms with Gasteiger partial charge in [0.05, 0.1) is 45.2 Å². The molecule has 0 bridgehead atoms. The molecule has 0 amide bonds. The highest BCUT2D eigenvalue weighted by molar-refractivity contribution is 5.91. The maximum atomic E-state index is 12.7. The molecule has 0 radical (unpaired) electrons. The Labute approximate surface area is 264 Å². The van der Waals surface area contributed by atoms with Gasteiger partial charge in [0, 0.05) is 10.8 Å². The SMILES string of the molecule is CCC1(COCOc2ccc(COOc3ccc(OC(=O)c4ccc(OCOCC5(CC)COC5)cc4)c(C)c3)cc2)COC1. The van der Waals surface area contributed by atoms with Crippen LogP contribution >= 0.6 is 0 Å². The van der Waals surface area contributed by atoms with Gasteiger partial charge in [-0.3, -0.25) is 0 Å². The highest BCUT2D eigenvalue weighted by Gasteiger charge is 2.37. The standard InChI is InChI=1S/C35H42O10/c1-4-34(18-37-19-34)22-39-24-41-29-10-6-27(7-11-29)17-43-45-31-14-15-32(26(3)16-31)44-33(36)28-8-12-30(13-9-28)42-25-40-23-35(5-2)20-38-21-35/h6-16H,4-5,17-25H2,1-3H3. The number of ether oxygens (including phenoxy) is 7. The highest BCUT2D eigenvalue weighted by Crippen LogP contribution is 2.32.